The fraction of sp³-hybridized carbons (Fsp3) is 0.353. The second-order valence-electron chi connectivity index (χ2n) is 5.73. The minimum absolute atomic E-state index is 0.149. The molecule has 0 saturated heterocycles. The molecule has 1 atom stereocenters. The molecule has 1 aromatic carbocycles. The molecule has 1 aromatic rings. The Balaban J connectivity index is 2.28. The summed E-state index contributed by atoms with van der Waals surface area (Å²) < 4.78 is 5.84. The molecule has 0 N–H and O–H groups in total. The van der Waals surface area contributed by atoms with Gasteiger partial charge in [-0.1, -0.05) is 17.7 Å². The Morgan fingerprint density at radius 1 is 1.11 bits per heavy atom. The molecular formula is C17H18O2. The number of aryl methyl sites for hydroxylation is 2. The highest BCUT2D eigenvalue weighted by molar-refractivity contribution is 6.05. The first-order valence-electron chi connectivity index (χ1n) is 6.61. The maximum absolute atomic E-state index is 12.6. The minimum Gasteiger partial charge on any atom is -0.491 e. The van der Waals surface area contributed by atoms with E-state index in [1.54, 1.807) is 6.08 Å². The van der Waals surface area contributed by atoms with E-state index in [2.05, 4.69) is 26.0 Å². The zero-order valence-electron chi connectivity index (χ0n) is 11.8. The zero-order chi connectivity index (χ0) is 13.8. The van der Waals surface area contributed by atoms with Crippen molar-refractivity contribution in [1.82, 2.24) is 0 Å². The molecule has 1 aliphatic carbocycles. The van der Waals surface area contributed by atoms with Gasteiger partial charge in [-0.2, -0.15) is 0 Å². The molecule has 0 amide bonds. The van der Waals surface area contributed by atoms with Crippen molar-refractivity contribution >= 4 is 5.78 Å². The van der Waals surface area contributed by atoms with Gasteiger partial charge in [0.25, 0.3) is 0 Å². The van der Waals surface area contributed by atoms with Crippen LogP contribution in [0, 0.1) is 13.8 Å². The lowest BCUT2D eigenvalue weighted by Gasteiger charge is -2.30. The maximum atomic E-state index is 12.6. The van der Waals surface area contributed by atoms with Crippen LogP contribution >= 0.6 is 0 Å². The van der Waals surface area contributed by atoms with E-state index in [-0.39, 0.29) is 5.78 Å². The van der Waals surface area contributed by atoms with E-state index in [0.717, 1.165) is 28.0 Å². The summed E-state index contributed by atoms with van der Waals surface area (Å²) in [5.74, 6) is 1.02. The Labute approximate surface area is 113 Å². The van der Waals surface area contributed by atoms with E-state index >= 15 is 0 Å². The number of ketones is 1. The first-order chi connectivity index (χ1) is 8.95. The molecule has 0 bridgehead atoms. The third-order valence-electron chi connectivity index (χ3n) is 4.21. The van der Waals surface area contributed by atoms with Gasteiger partial charge in [-0.25, -0.2) is 0 Å². The number of hydrogen-bond donors (Lipinski definition) is 0. The molecule has 2 aliphatic rings. The third kappa shape index (κ3) is 1.52. The van der Waals surface area contributed by atoms with Crippen LogP contribution in [0.15, 0.2) is 35.4 Å². The van der Waals surface area contributed by atoms with Crippen LogP contribution in [0.2, 0.25) is 0 Å². The topological polar surface area (TPSA) is 26.3 Å². The number of carbonyl (C=O) groups excluding carboxylic acids is 1. The van der Waals surface area contributed by atoms with Crippen molar-refractivity contribution < 1.29 is 9.53 Å². The molecule has 1 heterocycles. The van der Waals surface area contributed by atoms with Gasteiger partial charge >= 0.3 is 0 Å². The van der Waals surface area contributed by atoms with Gasteiger partial charge in [0, 0.05) is 5.56 Å². The standard InChI is InChI=1S/C17H18O2/c1-10-5-12(3)16-14(7-10)19-9-17(16)13(4)6-11(2)8-15(17)18/h5-8H,9H2,1-4H3. The minimum atomic E-state index is -0.591. The molecule has 0 saturated carbocycles. The van der Waals surface area contributed by atoms with Crippen molar-refractivity contribution in [3.05, 3.63) is 52.1 Å². The van der Waals surface area contributed by atoms with Crippen LogP contribution in [0.3, 0.4) is 0 Å². The van der Waals surface area contributed by atoms with E-state index in [0.29, 0.717) is 6.61 Å². The monoisotopic (exact) mass is 254 g/mol. The quantitative estimate of drug-likeness (QED) is 0.709. The summed E-state index contributed by atoms with van der Waals surface area (Å²) in [6.07, 6.45) is 3.84. The third-order valence-corrected chi connectivity index (χ3v) is 4.21. The van der Waals surface area contributed by atoms with Gasteiger partial charge in [-0.15, -0.1) is 0 Å². The molecule has 98 valence electrons. The van der Waals surface area contributed by atoms with Gasteiger partial charge in [0.15, 0.2) is 5.78 Å². The number of carbonyl (C=O) groups is 1. The van der Waals surface area contributed by atoms with Crippen molar-refractivity contribution in [2.24, 2.45) is 0 Å². The Kier molecular flexibility index (Phi) is 2.46. The van der Waals surface area contributed by atoms with Crippen LogP contribution in [-0.2, 0) is 10.2 Å². The number of benzene rings is 1. The Hall–Kier alpha value is -1.83. The number of allylic oxidation sites excluding steroid dienone is 3. The van der Waals surface area contributed by atoms with E-state index in [1.807, 2.05) is 19.9 Å². The highest BCUT2D eigenvalue weighted by atomic mass is 16.5. The summed E-state index contributed by atoms with van der Waals surface area (Å²) in [4.78, 5) is 12.6. The summed E-state index contributed by atoms with van der Waals surface area (Å²) in [5.41, 5.74) is 4.88. The van der Waals surface area contributed by atoms with E-state index < -0.39 is 5.41 Å². The summed E-state index contributed by atoms with van der Waals surface area (Å²) in [5, 5.41) is 0. The molecule has 1 spiro atoms. The smallest absolute Gasteiger partial charge is 0.174 e. The molecule has 1 unspecified atom stereocenters. The lowest BCUT2D eigenvalue weighted by Crippen LogP contribution is -2.40. The lowest BCUT2D eigenvalue weighted by atomic mass is 9.68. The van der Waals surface area contributed by atoms with Crippen LogP contribution in [0.25, 0.3) is 0 Å². The fourth-order valence-corrected chi connectivity index (χ4v) is 3.38. The fourth-order valence-electron chi connectivity index (χ4n) is 3.38. The lowest BCUT2D eigenvalue weighted by molar-refractivity contribution is -0.119. The van der Waals surface area contributed by atoms with E-state index in [4.69, 9.17) is 4.74 Å². The van der Waals surface area contributed by atoms with Crippen LogP contribution in [-0.4, -0.2) is 12.4 Å². The first kappa shape index (κ1) is 12.2. The van der Waals surface area contributed by atoms with Gasteiger partial charge in [-0.3, -0.25) is 4.79 Å². The summed E-state index contributed by atoms with van der Waals surface area (Å²) >= 11 is 0. The SMILES string of the molecule is CC1=CC(=O)C2(COc3cc(C)cc(C)c32)C(C)=C1. The predicted molar refractivity (Wildman–Crippen MR) is 75.6 cm³/mol. The Bertz CT molecular complexity index is 649. The molecule has 0 fully saturated rings. The van der Waals surface area contributed by atoms with Crippen molar-refractivity contribution in [2.75, 3.05) is 6.61 Å². The van der Waals surface area contributed by atoms with Crippen molar-refractivity contribution in [3.63, 3.8) is 0 Å². The van der Waals surface area contributed by atoms with Gasteiger partial charge in [0.1, 0.15) is 17.8 Å². The zero-order valence-corrected chi connectivity index (χ0v) is 11.8. The second kappa shape index (κ2) is 3.83. The number of fused-ring (bicyclic) bond motifs is 2. The molecule has 19 heavy (non-hydrogen) atoms. The molecule has 1 aliphatic heterocycles. The molecule has 2 nitrogen and oxygen atoms in total. The number of rotatable bonds is 0. The van der Waals surface area contributed by atoms with Gasteiger partial charge in [0.2, 0.25) is 0 Å². The van der Waals surface area contributed by atoms with Crippen molar-refractivity contribution in [1.29, 1.82) is 0 Å². The maximum Gasteiger partial charge on any atom is 0.174 e. The molecule has 0 radical (unpaired) electrons. The molecular weight excluding hydrogens is 236 g/mol. The highest BCUT2D eigenvalue weighted by Gasteiger charge is 2.49. The van der Waals surface area contributed by atoms with Crippen LogP contribution in [0.1, 0.15) is 30.5 Å². The van der Waals surface area contributed by atoms with E-state index in [9.17, 15) is 4.79 Å². The summed E-state index contributed by atoms with van der Waals surface area (Å²) in [6, 6.07) is 4.16. The summed E-state index contributed by atoms with van der Waals surface area (Å²) in [7, 11) is 0. The first-order valence-corrected chi connectivity index (χ1v) is 6.61. The average Bonchev–Trinajstić information content (AvgIpc) is 2.67. The van der Waals surface area contributed by atoms with Gasteiger partial charge < -0.3 is 4.74 Å². The Morgan fingerprint density at radius 2 is 1.84 bits per heavy atom. The normalized spacial score (nSPS) is 24.9. The van der Waals surface area contributed by atoms with Crippen LogP contribution in [0.5, 0.6) is 5.75 Å². The molecule has 2 heteroatoms. The second-order valence-corrected chi connectivity index (χ2v) is 5.73. The van der Waals surface area contributed by atoms with E-state index in [1.165, 1.54) is 5.56 Å². The van der Waals surface area contributed by atoms with Crippen LogP contribution < -0.4 is 4.74 Å². The summed E-state index contributed by atoms with van der Waals surface area (Å²) in [6.45, 7) is 8.54. The van der Waals surface area contributed by atoms with Gasteiger partial charge in [-0.05, 0) is 56.5 Å². The molecule has 3 rings (SSSR count). The largest absolute Gasteiger partial charge is 0.491 e. The van der Waals surface area contributed by atoms with Crippen LogP contribution in [0.4, 0.5) is 0 Å². The molecule has 0 aromatic heterocycles. The number of hydrogen-bond acceptors (Lipinski definition) is 2. The average molecular weight is 254 g/mol. The Morgan fingerprint density at radius 3 is 2.53 bits per heavy atom. The van der Waals surface area contributed by atoms with Crippen molar-refractivity contribution in [2.45, 2.75) is 33.1 Å². The van der Waals surface area contributed by atoms with Crippen molar-refractivity contribution in [3.8, 4) is 5.75 Å². The van der Waals surface area contributed by atoms with Gasteiger partial charge in [0.05, 0.1) is 0 Å². The number of ether oxygens (including phenoxy) is 1. The highest BCUT2D eigenvalue weighted by Crippen LogP contribution is 2.48. The predicted octanol–water partition coefficient (Wildman–Crippen LogP) is 3.41.